The van der Waals surface area contributed by atoms with Gasteiger partial charge in [-0.05, 0) is 12.5 Å². The van der Waals surface area contributed by atoms with E-state index in [0.29, 0.717) is 23.9 Å². The number of rotatable bonds is 3. The Labute approximate surface area is 159 Å². The summed E-state index contributed by atoms with van der Waals surface area (Å²) in [5.74, 6) is -1.07. The Morgan fingerprint density at radius 2 is 2.11 bits per heavy atom. The third-order valence-electron chi connectivity index (χ3n) is 4.85. The summed E-state index contributed by atoms with van der Waals surface area (Å²) in [5.41, 5.74) is 7.15. The lowest BCUT2D eigenvalue weighted by Gasteiger charge is -2.34. The summed E-state index contributed by atoms with van der Waals surface area (Å²) in [5, 5.41) is 0. The summed E-state index contributed by atoms with van der Waals surface area (Å²) < 4.78 is 43.7. The number of hydrogen-bond donors (Lipinski definition) is 1. The van der Waals surface area contributed by atoms with Crippen molar-refractivity contribution in [2.45, 2.75) is 25.2 Å². The highest BCUT2D eigenvalue weighted by atomic mass is 19.1. The van der Waals surface area contributed by atoms with Gasteiger partial charge < -0.3 is 15.2 Å². The van der Waals surface area contributed by atoms with E-state index in [-0.39, 0.29) is 30.5 Å². The number of benzene rings is 1. The first kappa shape index (κ1) is 18.3. The van der Waals surface area contributed by atoms with Crippen LogP contribution in [0.5, 0.6) is 0 Å². The Balaban J connectivity index is 1.80. The third kappa shape index (κ3) is 3.27. The van der Waals surface area contributed by atoms with Gasteiger partial charge in [0, 0.05) is 31.4 Å². The van der Waals surface area contributed by atoms with Crippen LogP contribution >= 0.6 is 0 Å². The molecule has 1 aromatic carbocycles. The van der Waals surface area contributed by atoms with Crippen LogP contribution in [0.15, 0.2) is 30.5 Å². The number of aromatic nitrogens is 3. The van der Waals surface area contributed by atoms with Crippen LogP contribution in [0.3, 0.4) is 0 Å². The smallest absolute Gasteiger partial charge is 0.207 e. The zero-order valence-electron chi connectivity index (χ0n) is 14.8. The molecule has 28 heavy (non-hydrogen) atoms. The van der Waals surface area contributed by atoms with Gasteiger partial charge in [0.2, 0.25) is 11.6 Å². The van der Waals surface area contributed by atoms with E-state index in [1.807, 2.05) is 0 Å². The number of hydrogen-bond acceptors (Lipinski definition) is 4. The molecule has 2 atom stereocenters. The SMILES string of the molecule is [C-]#[N+]c1ccc(Cn2c(N3CC[C@@H](F)[C@H](N)C3)nc3cc(F)cc(F)c32)nc1. The van der Waals surface area contributed by atoms with Gasteiger partial charge >= 0.3 is 0 Å². The topological polar surface area (TPSA) is 64.3 Å². The van der Waals surface area contributed by atoms with Crippen molar-refractivity contribution in [3.8, 4) is 0 Å². The number of piperidine rings is 1. The number of fused-ring (bicyclic) bond motifs is 1. The van der Waals surface area contributed by atoms with Crippen molar-refractivity contribution < 1.29 is 13.2 Å². The maximum absolute atomic E-state index is 14.6. The molecule has 2 aromatic heterocycles. The molecule has 0 aliphatic carbocycles. The first-order valence-electron chi connectivity index (χ1n) is 8.78. The molecule has 1 aliphatic heterocycles. The minimum Gasteiger partial charge on any atom is -0.340 e. The van der Waals surface area contributed by atoms with Crippen LogP contribution in [0.4, 0.5) is 24.8 Å². The van der Waals surface area contributed by atoms with Gasteiger partial charge in [-0.2, -0.15) is 0 Å². The second-order valence-corrected chi connectivity index (χ2v) is 6.79. The highest BCUT2D eigenvalue weighted by Gasteiger charge is 2.30. The van der Waals surface area contributed by atoms with Crippen LogP contribution in [-0.4, -0.2) is 39.8 Å². The second kappa shape index (κ2) is 7.13. The fourth-order valence-corrected chi connectivity index (χ4v) is 3.44. The average Bonchev–Trinajstić information content (AvgIpc) is 3.03. The number of anilines is 1. The number of nitrogens with two attached hydrogens (primary N) is 1. The van der Waals surface area contributed by atoms with E-state index in [1.165, 1.54) is 6.20 Å². The Morgan fingerprint density at radius 3 is 2.79 bits per heavy atom. The Kier molecular flexibility index (Phi) is 4.65. The largest absolute Gasteiger partial charge is 0.340 e. The van der Waals surface area contributed by atoms with Crippen LogP contribution in [-0.2, 0) is 6.54 Å². The van der Waals surface area contributed by atoms with Crippen LogP contribution in [0.1, 0.15) is 12.1 Å². The molecule has 1 saturated heterocycles. The fraction of sp³-hybridized carbons (Fsp3) is 0.316. The molecular formula is C19H17F3N6. The number of imidazole rings is 1. The van der Waals surface area contributed by atoms with Crippen molar-refractivity contribution in [3.05, 3.63) is 59.2 Å². The Bertz CT molecular complexity index is 1060. The van der Waals surface area contributed by atoms with E-state index < -0.39 is 23.8 Å². The van der Waals surface area contributed by atoms with Gasteiger partial charge in [-0.25, -0.2) is 23.0 Å². The first-order chi connectivity index (χ1) is 13.5. The van der Waals surface area contributed by atoms with Gasteiger partial charge in [-0.15, -0.1) is 0 Å². The Morgan fingerprint density at radius 1 is 1.29 bits per heavy atom. The van der Waals surface area contributed by atoms with E-state index in [2.05, 4.69) is 14.8 Å². The first-order valence-corrected chi connectivity index (χ1v) is 8.78. The molecule has 6 nitrogen and oxygen atoms in total. The molecule has 1 aliphatic rings. The second-order valence-electron chi connectivity index (χ2n) is 6.79. The molecule has 0 spiro atoms. The van der Waals surface area contributed by atoms with E-state index in [1.54, 1.807) is 21.6 Å². The molecule has 0 bridgehead atoms. The third-order valence-corrected chi connectivity index (χ3v) is 4.85. The van der Waals surface area contributed by atoms with Crippen LogP contribution in [0.25, 0.3) is 15.9 Å². The fourth-order valence-electron chi connectivity index (χ4n) is 3.44. The Hall–Kier alpha value is -3.12. The monoisotopic (exact) mass is 386 g/mol. The number of alkyl halides is 1. The van der Waals surface area contributed by atoms with Crippen LogP contribution in [0, 0.1) is 18.2 Å². The number of pyridine rings is 1. The average molecular weight is 386 g/mol. The quantitative estimate of drug-likeness (QED) is 0.703. The minimum atomic E-state index is -1.11. The van der Waals surface area contributed by atoms with Crippen LogP contribution < -0.4 is 10.6 Å². The van der Waals surface area contributed by atoms with Crippen molar-refractivity contribution in [2.24, 2.45) is 5.73 Å². The van der Waals surface area contributed by atoms with Crippen molar-refractivity contribution >= 4 is 22.7 Å². The van der Waals surface area contributed by atoms with Crippen molar-refractivity contribution in [3.63, 3.8) is 0 Å². The van der Waals surface area contributed by atoms with Crippen molar-refractivity contribution in [1.29, 1.82) is 0 Å². The molecule has 4 rings (SSSR count). The molecule has 0 saturated carbocycles. The number of halogens is 3. The molecule has 144 valence electrons. The minimum absolute atomic E-state index is 0.142. The standard InChI is InChI=1S/C19H17F3N6/c1-24-12-2-3-13(25-8-12)9-28-18-15(22)6-11(20)7-17(18)26-19(28)27-5-4-14(21)16(23)10-27/h2-3,6-8,14,16H,4-5,9-10,23H2/t14-,16-/m1/s1. The maximum atomic E-state index is 14.6. The molecule has 9 heteroatoms. The van der Waals surface area contributed by atoms with Gasteiger partial charge in [0.1, 0.15) is 17.5 Å². The highest BCUT2D eigenvalue weighted by molar-refractivity contribution is 5.80. The molecule has 0 amide bonds. The zero-order valence-corrected chi connectivity index (χ0v) is 14.8. The van der Waals surface area contributed by atoms with Crippen molar-refractivity contribution in [2.75, 3.05) is 18.0 Å². The molecule has 2 N–H and O–H groups in total. The van der Waals surface area contributed by atoms with E-state index in [9.17, 15) is 13.2 Å². The summed E-state index contributed by atoms with van der Waals surface area (Å²) in [6.07, 6.45) is 0.562. The van der Waals surface area contributed by atoms with Gasteiger partial charge in [0.05, 0.1) is 30.4 Å². The summed E-state index contributed by atoms with van der Waals surface area (Å²) in [7, 11) is 0. The van der Waals surface area contributed by atoms with E-state index in [0.717, 1.165) is 12.1 Å². The van der Waals surface area contributed by atoms with Gasteiger partial charge in [-0.3, -0.25) is 4.98 Å². The normalized spacial score (nSPS) is 19.8. The van der Waals surface area contributed by atoms with Crippen molar-refractivity contribution in [1.82, 2.24) is 14.5 Å². The summed E-state index contributed by atoms with van der Waals surface area (Å²) in [6, 6.07) is 4.58. The lowest BCUT2D eigenvalue weighted by atomic mass is 10.1. The molecule has 0 unspecified atom stereocenters. The molecule has 3 aromatic rings. The van der Waals surface area contributed by atoms with E-state index in [4.69, 9.17) is 12.3 Å². The summed E-state index contributed by atoms with van der Waals surface area (Å²) >= 11 is 0. The summed E-state index contributed by atoms with van der Waals surface area (Å²) in [6.45, 7) is 7.76. The van der Waals surface area contributed by atoms with Gasteiger partial charge in [0.25, 0.3) is 0 Å². The number of nitrogens with zero attached hydrogens (tertiary/aromatic N) is 5. The zero-order chi connectivity index (χ0) is 19.8. The lowest BCUT2D eigenvalue weighted by Crippen LogP contribution is -2.50. The molecule has 1 fully saturated rings. The predicted octanol–water partition coefficient (Wildman–Crippen LogP) is 3.18. The van der Waals surface area contributed by atoms with E-state index >= 15 is 0 Å². The highest BCUT2D eigenvalue weighted by Crippen LogP contribution is 2.29. The van der Waals surface area contributed by atoms with Gasteiger partial charge in [0.15, 0.2) is 5.82 Å². The van der Waals surface area contributed by atoms with Gasteiger partial charge in [-0.1, -0.05) is 6.07 Å². The molecular weight excluding hydrogens is 369 g/mol. The molecule has 0 radical (unpaired) electrons. The maximum Gasteiger partial charge on any atom is 0.207 e. The lowest BCUT2D eigenvalue weighted by molar-refractivity contribution is 0.243. The predicted molar refractivity (Wildman–Crippen MR) is 99.0 cm³/mol. The van der Waals surface area contributed by atoms with Crippen LogP contribution in [0.2, 0.25) is 0 Å². The molecule has 3 heterocycles. The summed E-state index contributed by atoms with van der Waals surface area (Å²) in [4.78, 5) is 13.7.